The second-order valence-corrected chi connectivity index (χ2v) is 18.0. The quantitative estimate of drug-likeness (QED) is 0.0993. The molecule has 1 aliphatic heterocycles. The third-order valence-electron chi connectivity index (χ3n) is 13.8. The molecule has 0 spiro atoms. The van der Waals surface area contributed by atoms with E-state index in [0.717, 1.165) is 76.9 Å². The van der Waals surface area contributed by atoms with Gasteiger partial charge in [0.2, 0.25) is 11.8 Å². The molecule has 326 valence electrons. The van der Waals surface area contributed by atoms with Gasteiger partial charge in [-0.15, -0.1) is 0 Å². The number of nitrogens with one attached hydrogen (secondary N) is 2. The van der Waals surface area contributed by atoms with Crippen LogP contribution in [0.25, 0.3) is 28.6 Å². The van der Waals surface area contributed by atoms with Gasteiger partial charge in [-0.3, -0.25) is 19.2 Å². The van der Waals surface area contributed by atoms with E-state index in [0.29, 0.717) is 45.2 Å². The van der Waals surface area contributed by atoms with E-state index in [-0.39, 0.29) is 53.1 Å². The number of hydrogen-bond donors (Lipinski definition) is 2. The molecule has 10 nitrogen and oxygen atoms in total. The fourth-order valence-corrected chi connectivity index (χ4v) is 10.2. The predicted octanol–water partition coefficient (Wildman–Crippen LogP) is 9.23. The van der Waals surface area contributed by atoms with E-state index in [1.807, 2.05) is 91.0 Å². The average molecular weight is 853 g/mol. The molecule has 0 saturated heterocycles. The number of nitrogens with zero attached hydrogens (tertiary/aromatic N) is 4. The molecule has 2 aromatic heterocycles. The van der Waals surface area contributed by atoms with Gasteiger partial charge in [0, 0.05) is 67.6 Å². The Labute approximate surface area is 375 Å². The Balaban J connectivity index is 0.756. The number of rotatable bonds is 15. The maximum atomic E-state index is 14.0. The molecular weight excluding hydrogens is 797 g/mol. The topological polar surface area (TPSA) is 128 Å². The SMILES string of the molecule is Cn1cnc(-c2ccccc2/C=C/C(=O)C2CCC(C(=O)NCc3ccc(Cc4cccc5c4C(CC(=O)C4CCC(C(=O)NCc6ccccc6)CC4)n4cncc4-5)cc3)CC2)c1. The summed E-state index contributed by atoms with van der Waals surface area (Å²) in [5, 5.41) is 6.25. The first-order valence-electron chi connectivity index (χ1n) is 22.9. The van der Waals surface area contributed by atoms with Gasteiger partial charge in [-0.2, -0.15) is 0 Å². The van der Waals surface area contributed by atoms with Crippen molar-refractivity contribution in [2.75, 3.05) is 0 Å². The van der Waals surface area contributed by atoms with Crippen LogP contribution >= 0.6 is 0 Å². The molecule has 64 heavy (non-hydrogen) atoms. The van der Waals surface area contributed by atoms with E-state index in [1.54, 1.807) is 12.4 Å². The highest BCUT2D eigenvalue weighted by atomic mass is 16.2. The average Bonchev–Trinajstić information content (AvgIpc) is 4.08. The summed E-state index contributed by atoms with van der Waals surface area (Å²) in [6.07, 6.45) is 17.9. The van der Waals surface area contributed by atoms with Crippen LogP contribution in [0.3, 0.4) is 0 Å². The summed E-state index contributed by atoms with van der Waals surface area (Å²) in [6.45, 7) is 0.972. The smallest absolute Gasteiger partial charge is 0.223 e. The summed E-state index contributed by atoms with van der Waals surface area (Å²) in [4.78, 5) is 62.4. The monoisotopic (exact) mass is 852 g/mol. The molecule has 1 unspecified atom stereocenters. The van der Waals surface area contributed by atoms with Gasteiger partial charge in [-0.1, -0.05) is 103 Å². The lowest BCUT2D eigenvalue weighted by molar-refractivity contribution is -0.129. The third-order valence-corrected chi connectivity index (χ3v) is 13.8. The number of aryl methyl sites for hydroxylation is 1. The predicted molar refractivity (Wildman–Crippen MR) is 248 cm³/mol. The molecule has 2 saturated carbocycles. The zero-order chi connectivity index (χ0) is 44.0. The van der Waals surface area contributed by atoms with Crippen LogP contribution in [0, 0.1) is 23.7 Å². The minimum atomic E-state index is -0.123. The Kier molecular flexibility index (Phi) is 12.9. The summed E-state index contributed by atoms with van der Waals surface area (Å²) in [6, 6.07) is 32.6. The molecule has 0 bridgehead atoms. The van der Waals surface area contributed by atoms with Crippen LogP contribution < -0.4 is 10.6 Å². The highest BCUT2D eigenvalue weighted by Gasteiger charge is 2.36. The summed E-state index contributed by atoms with van der Waals surface area (Å²) in [5.74, 6) is 0.227. The van der Waals surface area contributed by atoms with E-state index in [9.17, 15) is 19.2 Å². The number of aromatic nitrogens is 4. The summed E-state index contributed by atoms with van der Waals surface area (Å²) in [7, 11) is 1.94. The van der Waals surface area contributed by atoms with Crippen LogP contribution in [0.4, 0.5) is 0 Å². The van der Waals surface area contributed by atoms with E-state index in [4.69, 9.17) is 0 Å². The van der Waals surface area contributed by atoms with Crippen molar-refractivity contribution in [1.82, 2.24) is 29.7 Å². The number of carbonyl (C=O) groups excluding carboxylic acids is 4. The van der Waals surface area contributed by atoms with Crippen molar-refractivity contribution < 1.29 is 19.2 Å². The van der Waals surface area contributed by atoms with Gasteiger partial charge in [0.15, 0.2) is 5.78 Å². The van der Waals surface area contributed by atoms with Crippen molar-refractivity contribution in [2.24, 2.45) is 30.7 Å². The molecule has 3 aliphatic rings. The number of benzene rings is 4. The van der Waals surface area contributed by atoms with Gasteiger partial charge in [0.1, 0.15) is 5.78 Å². The second-order valence-electron chi connectivity index (χ2n) is 18.0. The zero-order valence-corrected chi connectivity index (χ0v) is 36.5. The van der Waals surface area contributed by atoms with Gasteiger partial charge < -0.3 is 19.8 Å². The van der Waals surface area contributed by atoms with Gasteiger partial charge >= 0.3 is 0 Å². The standard InChI is InChI=1S/C54H56N6O4/c1-59-33-47(58-35-59)45-12-6-5-10-39(45)26-27-50(61)40-18-22-42(23-19-40)54(64)57-31-38-16-14-36(15-17-38)28-44-11-7-13-46-49-32-55-34-60(49)48(52(44)46)29-51(62)41-20-24-43(25-21-41)53(63)56-30-37-8-3-2-4-9-37/h2-17,26-27,32-35,40-43,48H,18-25,28-31H2,1H3,(H,56,63)(H,57,64)/b27-26+. The van der Waals surface area contributed by atoms with Crippen molar-refractivity contribution in [3.05, 3.63) is 162 Å². The number of ketones is 2. The van der Waals surface area contributed by atoms with Crippen molar-refractivity contribution in [3.63, 3.8) is 0 Å². The maximum absolute atomic E-state index is 14.0. The summed E-state index contributed by atoms with van der Waals surface area (Å²) in [5.41, 5.74) is 10.6. The van der Waals surface area contributed by atoms with E-state index in [1.165, 1.54) is 11.1 Å². The highest BCUT2D eigenvalue weighted by molar-refractivity contribution is 5.96. The van der Waals surface area contributed by atoms with E-state index >= 15 is 0 Å². The van der Waals surface area contributed by atoms with Crippen molar-refractivity contribution in [1.29, 1.82) is 0 Å². The first kappa shape index (κ1) is 42.6. The molecule has 2 fully saturated rings. The Hall–Kier alpha value is -6.68. The summed E-state index contributed by atoms with van der Waals surface area (Å²) < 4.78 is 4.07. The molecule has 1 atom stereocenters. The Morgan fingerprint density at radius 3 is 1.95 bits per heavy atom. The minimum Gasteiger partial charge on any atom is -0.352 e. The van der Waals surface area contributed by atoms with Crippen LogP contribution in [0.5, 0.6) is 0 Å². The highest BCUT2D eigenvalue weighted by Crippen LogP contribution is 2.44. The van der Waals surface area contributed by atoms with Crippen LogP contribution in [-0.4, -0.2) is 42.5 Å². The molecule has 3 heterocycles. The van der Waals surface area contributed by atoms with Crippen LogP contribution in [-0.2, 0) is 45.7 Å². The largest absolute Gasteiger partial charge is 0.352 e. The number of fused-ring (bicyclic) bond motifs is 3. The Bertz CT molecular complexity index is 2640. The molecule has 4 aromatic carbocycles. The van der Waals surface area contributed by atoms with Crippen molar-refractivity contribution in [3.8, 4) is 22.5 Å². The maximum Gasteiger partial charge on any atom is 0.223 e. The fraction of sp³-hybridized carbons (Fsp3) is 0.333. The van der Waals surface area contributed by atoms with Gasteiger partial charge in [-0.05, 0) is 97.2 Å². The lowest BCUT2D eigenvalue weighted by Crippen LogP contribution is -2.34. The van der Waals surface area contributed by atoms with E-state index in [2.05, 4.69) is 67.6 Å². The normalized spacial score (nSPS) is 20.4. The molecule has 9 rings (SSSR count). The lowest BCUT2D eigenvalue weighted by atomic mass is 9.78. The number of carbonyl (C=O) groups is 4. The van der Waals surface area contributed by atoms with Gasteiger partial charge in [0.25, 0.3) is 0 Å². The molecule has 6 aromatic rings. The molecule has 10 heteroatoms. The number of imidazole rings is 2. The third kappa shape index (κ3) is 9.61. The lowest BCUT2D eigenvalue weighted by Gasteiger charge is -2.28. The minimum absolute atomic E-state index is 0.0471. The molecule has 2 amide bonds. The number of allylic oxidation sites excluding steroid dienone is 1. The summed E-state index contributed by atoms with van der Waals surface area (Å²) >= 11 is 0. The van der Waals surface area contributed by atoms with Gasteiger partial charge in [-0.25, -0.2) is 9.97 Å². The van der Waals surface area contributed by atoms with Crippen LogP contribution in [0.1, 0.15) is 97.2 Å². The van der Waals surface area contributed by atoms with E-state index < -0.39 is 0 Å². The Morgan fingerprint density at radius 1 is 0.656 bits per heavy atom. The fourth-order valence-electron chi connectivity index (χ4n) is 10.2. The van der Waals surface area contributed by atoms with Crippen LogP contribution in [0.2, 0.25) is 0 Å². The van der Waals surface area contributed by atoms with Crippen LogP contribution in [0.15, 0.2) is 128 Å². The van der Waals surface area contributed by atoms with Crippen molar-refractivity contribution in [2.45, 2.75) is 83.3 Å². The molecule has 0 radical (unpaired) electrons. The second kappa shape index (κ2) is 19.4. The number of amides is 2. The van der Waals surface area contributed by atoms with Gasteiger partial charge in [0.05, 0.1) is 36.3 Å². The first-order chi connectivity index (χ1) is 31.3. The molecule has 2 aliphatic carbocycles. The first-order valence-corrected chi connectivity index (χ1v) is 22.9. The molecular formula is C54H56N6O4. The number of Topliss-reactive ketones (excluding diaryl/α,β-unsaturated/α-hetero) is 1. The molecule has 2 N–H and O–H groups in total. The van der Waals surface area contributed by atoms with Crippen molar-refractivity contribution >= 4 is 29.5 Å². The number of hydrogen-bond acceptors (Lipinski definition) is 6. The zero-order valence-electron chi connectivity index (χ0n) is 36.5. The Morgan fingerprint density at radius 2 is 1.27 bits per heavy atom.